The minimum atomic E-state index is -0.955. The van der Waals surface area contributed by atoms with Gasteiger partial charge in [-0.1, -0.05) is 5.16 Å². The van der Waals surface area contributed by atoms with Gasteiger partial charge in [0.25, 0.3) is 5.91 Å². The van der Waals surface area contributed by atoms with Crippen LogP contribution in [0, 0.1) is 12.8 Å². The van der Waals surface area contributed by atoms with Crippen molar-refractivity contribution in [1.29, 1.82) is 0 Å². The van der Waals surface area contributed by atoms with Gasteiger partial charge in [0.1, 0.15) is 5.75 Å². The number of piperidine rings is 1. The Kier molecular flexibility index (Phi) is 7.82. The van der Waals surface area contributed by atoms with Gasteiger partial charge in [0.2, 0.25) is 0 Å². The van der Waals surface area contributed by atoms with Crippen molar-refractivity contribution in [3.8, 4) is 5.75 Å². The molecule has 3 N–H and O–H groups in total. The topological polar surface area (TPSA) is 121 Å². The summed E-state index contributed by atoms with van der Waals surface area (Å²) in [5.41, 5.74) is 1.34. The fourth-order valence-electron chi connectivity index (χ4n) is 4.19. The fourth-order valence-corrected chi connectivity index (χ4v) is 4.19. The Morgan fingerprint density at radius 2 is 2.09 bits per heavy atom. The van der Waals surface area contributed by atoms with E-state index in [4.69, 9.17) is 14.4 Å². The van der Waals surface area contributed by atoms with Crippen molar-refractivity contribution >= 4 is 11.9 Å². The maximum absolute atomic E-state index is 12.2. The van der Waals surface area contributed by atoms with Gasteiger partial charge in [0.15, 0.2) is 5.82 Å². The zero-order valence-electron chi connectivity index (χ0n) is 19.2. The second-order valence-corrected chi connectivity index (χ2v) is 9.15. The van der Waals surface area contributed by atoms with Crippen LogP contribution in [0.1, 0.15) is 66.2 Å². The quantitative estimate of drug-likeness (QED) is 0.439. The largest absolute Gasteiger partial charge is 0.494 e. The average Bonchev–Trinajstić information content (AvgIpc) is 3.57. The van der Waals surface area contributed by atoms with Crippen LogP contribution < -0.4 is 15.0 Å². The molecule has 1 aliphatic carbocycles. The van der Waals surface area contributed by atoms with Crippen LogP contribution in [0.4, 0.5) is 6.01 Å². The Hall–Kier alpha value is -2.65. The number of aliphatic hydroxyl groups excluding tert-OH is 2. The van der Waals surface area contributed by atoms with Crippen LogP contribution in [0.25, 0.3) is 0 Å². The summed E-state index contributed by atoms with van der Waals surface area (Å²) in [6.07, 6.45) is 5.75. The average molecular weight is 459 g/mol. The first kappa shape index (κ1) is 23.5. The van der Waals surface area contributed by atoms with Crippen LogP contribution in [0.15, 0.2) is 22.7 Å². The molecule has 1 saturated heterocycles. The number of aliphatic hydroxyl groups is 2. The zero-order chi connectivity index (χ0) is 23.2. The van der Waals surface area contributed by atoms with Gasteiger partial charge >= 0.3 is 6.01 Å². The smallest absolute Gasteiger partial charge is 0.324 e. The SMILES string of the molecule is Cc1cc(OCCCC2CCN(c3nc(C4CC4)no3)CC2)ccc1C(=O)NCC(O)CO. The molecule has 9 heteroatoms. The molecule has 1 atom stereocenters. The number of aryl methyl sites for hydroxylation is 1. The van der Waals surface area contributed by atoms with Gasteiger partial charge in [-0.15, -0.1) is 0 Å². The molecule has 1 aromatic carbocycles. The van der Waals surface area contributed by atoms with Crippen molar-refractivity contribution in [3.05, 3.63) is 35.2 Å². The molecule has 1 saturated carbocycles. The normalized spacial score (nSPS) is 17.7. The number of carbonyl (C=O) groups is 1. The van der Waals surface area contributed by atoms with Crippen molar-refractivity contribution < 1.29 is 24.3 Å². The molecule has 1 aromatic heterocycles. The lowest BCUT2D eigenvalue weighted by atomic mass is 9.92. The van der Waals surface area contributed by atoms with Gasteiger partial charge < -0.3 is 29.7 Å². The number of rotatable bonds is 11. The monoisotopic (exact) mass is 458 g/mol. The number of carbonyl (C=O) groups excluding carboxylic acids is 1. The minimum absolute atomic E-state index is 0.0162. The maximum atomic E-state index is 12.2. The predicted molar refractivity (Wildman–Crippen MR) is 123 cm³/mol. The summed E-state index contributed by atoms with van der Waals surface area (Å²) in [5.74, 6) is 2.54. The number of ether oxygens (including phenoxy) is 1. The minimum Gasteiger partial charge on any atom is -0.494 e. The third kappa shape index (κ3) is 6.45. The van der Waals surface area contributed by atoms with Gasteiger partial charge in [-0.2, -0.15) is 4.98 Å². The number of hydrogen-bond acceptors (Lipinski definition) is 8. The lowest BCUT2D eigenvalue weighted by Crippen LogP contribution is -2.34. The molecule has 4 rings (SSSR count). The van der Waals surface area contributed by atoms with E-state index < -0.39 is 6.10 Å². The van der Waals surface area contributed by atoms with E-state index in [9.17, 15) is 9.90 Å². The molecule has 1 unspecified atom stereocenters. The molecule has 1 amide bonds. The van der Waals surface area contributed by atoms with Gasteiger partial charge in [-0.3, -0.25) is 4.79 Å². The number of nitrogens with zero attached hydrogens (tertiary/aromatic N) is 3. The maximum Gasteiger partial charge on any atom is 0.324 e. The number of hydrogen-bond donors (Lipinski definition) is 3. The summed E-state index contributed by atoms with van der Waals surface area (Å²) in [7, 11) is 0. The standard InChI is InChI=1S/C24H34N4O5/c1-16-13-20(6-7-21(16)23(31)25-14-19(30)15-29)32-12-2-3-17-8-10-28(11-9-17)24-26-22(27-33-24)18-4-5-18/h6-7,13,17-19,29-30H,2-5,8-12,14-15H2,1H3,(H,25,31). The van der Waals surface area contributed by atoms with E-state index in [1.54, 1.807) is 12.1 Å². The van der Waals surface area contributed by atoms with Crippen LogP contribution >= 0.6 is 0 Å². The molecule has 2 aliphatic rings. The third-order valence-electron chi connectivity index (χ3n) is 6.44. The van der Waals surface area contributed by atoms with Gasteiger partial charge in [0, 0.05) is 31.1 Å². The van der Waals surface area contributed by atoms with Crippen LogP contribution in [-0.2, 0) is 0 Å². The first-order valence-electron chi connectivity index (χ1n) is 11.9. The molecule has 2 aromatic rings. The van der Waals surface area contributed by atoms with Crippen molar-refractivity contribution in [3.63, 3.8) is 0 Å². The van der Waals surface area contributed by atoms with Crippen molar-refractivity contribution in [1.82, 2.24) is 15.5 Å². The van der Waals surface area contributed by atoms with E-state index in [2.05, 4.69) is 20.4 Å². The lowest BCUT2D eigenvalue weighted by molar-refractivity contribution is 0.0801. The van der Waals surface area contributed by atoms with E-state index >= 15 is 0 Å². The number of nitrogens with one attached hydrogen (secondary N) is 1. The molecule has 0 radical (unpaired) electrons. The molecule has 9 nitrogen and oxygen atoms in total. The molecule has 1 aliphatic heterocycles. The van der Waals surface area contributed by atoms with E-state index in [0.29, 0.717) is 30.0 Å². The summed E-state index contributed by atoms with van der Waals surface area (Å²) in [6, 6.07) is 6.06. The number of aromatic nitrogens is 2. The lowest BCUT2D eigenvalue weighted by Gasteiger charge is -2.30. The molecule has 180 valence electrons. The highest BCUT2D eigenvalue weighted by Gasteiger charge is 2.30. The van der Waals surface area contributed by atoms with Crippen LogP contribution in [0.3, 0.4) is 0 Å². The second-order valence-electron chi connectivity index (χ2n) is 9.15. The van der Waals surface area contributed by atoms with E-state index in [0.717, 1.165) is 55.9 Å². The van der Waals surface area contributed by atoms with Crippen molar-refractivity contribution in [2.45, 2.75) is 57.5 Å². The predicted octanol–water partition coefficient (Wildman–Crippen LogP) is 2.41. The van der Waals surface area contributed by atoms with Crippen LogP contribution in [-0.4, -0.2) is 65.2 Å². The summed E-state index contributed by atoms with van der Waals surface area (Å²) in [5, 5.41) is 24.9. The van der Waals surface area contributed by atoms with Crippen LogP contribution in [0.5, 0.6) is 5.75 Å². The molecule has 33 heavy (non-hydrogen) atoms. The van der Waals surface area contributed by atoms with E-state index in [-0.39, 0.29) is 19.1 Å². The zero-order valence-corrected chi connectivity index (χ0v) is 19.2. The Bertz CT molecular complexity index is 921. The Morgan fingerprint density at radius 1 is 1.30 bits per heavy atom. The first-order chi connectivity index (χ1) is 16.0. The summed E-state index contributed by atoms with van der Waals surface area (Å²) in [4.78, 5) is 19.0. The number of benzene rings is 1. The Morgan fingerprint density at radius 3 is 2.79 bits per heavy atom. The van der Waals surface area contributed by atoms with Crippen LogP contribution in [0.2, 0.25) is 0 Å². The molecule has 2 fully saturated rings. The van der Waals surface area contributed by atoms with E-state index in [1.807, 2.05) is 13.0 Å². The molecular weight excluding hydrogens is 424 g/mol. The summed E-state index contributed by atoms with van der Waals surface area (Å²) in [6.45, 7) is 4.04. The summed E-state index contributed by atoms with van der Waals surface area (Å²) >= 11 is 0. The number of anilines is 1. The second kappa shape index (κ2) is 11.0. The van der Waals surface area contributed by atoms with Crippen molar-refractivity contribution in [2.24, 2.45) is 5.92 Å². The third-order valence-corrected chi connectivity index (χ3v) is 6.44. The van der Waals surface area contributed by atoms with Gasteiger partial charge in [0.05, 0.1) is 19.3 Å². The van der Waals surface area contributed by atoms with Gasteiger partial charge in [-0.25, -0.2) is 0 Å². The molecule has 2 heterocycles. The molecule has 0 bridgehead atoms. The highest BCUT2D eigenvalue weighted by molar-refractivity contribution is 5.95. The Balaban J connectivity index is 1.14. The Labute approximate surface area is 194 Å². The van der Waals surface area contributed by atoms with E-state index in [1.165, 1.54) is 12.8 Å². The van der Waals surface area contributed by atoms with Crippen molar-refractivity contribution in [2.75, 3.05) is 37.7 Å². The fraction of sp³-hybridized carbons (Fsp3) is 0.625. The highest BCUT2D eigenvalue weighted by Crippen LogP contribution is 2.39. The first-order valence-corrected chi connectivity index (χ1v) is 11.9. The highest BCUT2D eigenvalue weighted by atomic mass is 16.5. The van der Waals surface area contributed by atoms with Gasteiger partial charge in [-0.05, 0) is 75.1 Å². The number of amides is 1. The molecule has 0 spiro atoms. The summed E-state index contributed by atoms with van der Waals surface area (Å²) < 4.78 is 11.3. The molecular formula is C24H34N4O5.